The van der Waals surface area contributed by atoms with Gasteiger partial charge in [0.2, 0.25) is 0 Å². The number of hydrogen-bond donors (Lipinski definition) is 1. The molecule has 3 aromatic rings. The number of carbonyl (C=O) groups is 1. The van der Waals surface area contributed by atoms with E-state index in [1.807, 2.05) is 35.3 Å². The fourth-order valence-electron chi connectivity index (χ4n) is 3.37. The Morgan fingerprint density at radius 1 is 1.15 bits per heavy atom. The predicted octanol–water partition coefficient (Wildman–Crippen LogP) is 3.70. The zero-order chi connectivity index (χ0) is 19.7. The van der Waals surface area contributed by atoms with E-state index in [4.69, 9.17) is 0 Å². The van der Waals surface area contributed by atoms with Crippen molar-refractivity contribution in [2.24, 2.45) is 0 Å². The second kappa shape index (κ2) is 7.50. The molecule has 1 N–H and O–H groups in total. The van der Waals surface area contributed by atoms with Gasteiger partial charge in [-0.3, -0.25) is 9.20 Å². The molecule has 0 aliphatic heterocycles. The van der Waals surface area contributed by atoms with Gasteiger partial charge in [0, 0.05) is 36.6 Å². The molecule has 27 heavy (non-hydrogen) atoms. The molecule has 0 aliphatic carbocycles. The summed E-state index contributed by atoms with van der Waals surface area (Å²) in [6.45, 7) is 13.5. The summed E-state index contributed by atoms with van der Waals surface area (Å²) in [5.74, 6) is 0.922. The van der Waals surface area contributed by atoms with Crippen LogP contribution in [0, 0.1) is 0 Å². The zero-order valence-corrected chi connectivity index (χ0v) is 16.9. The molecule has 0 aromatic carbocycles. The van der Waals surface area contributed by atoms with E-state index < -0.39 is 0 Å². The minimum Gasteiger partial charge on any atom is -0.382 e. The van der Waals surface area contributed by atoms with E-state index in [1.165, 1.54) is 0 Å². The molecule has 0 unspecified atom stereocenters. The van der Waals surface area contributed by atoms with Crippen molar-refractivity contribution in [1.29, 1.82) is 0 Å². The van der Waals surface area contributed by atoms with Crippen molar-refractivity contribution < 1.29 is 4.79 Å². The van der Waals surface area contributed by atoms with Crippen molar-refractivity contribution in [3.05, 3.63) is 29.7 Å². The third-order valence-corrected chi connectivity index (χ3v) is 4.64. The van der Waals surface area contributed by atoms with Gasteiger partial charge in [-0.05, 0) is 39.8 Å². The van der Waals surface area contributed by atoms with Gasteiger partial charge in [-0.1, -0.05) is 13.8 Å². The summed E-state index contributed by atoms with van der Waals surface area (Å²) in [5.41, 5.74) is 2.66. The number of hydrogen-bond acceptors (Lipinski definition) is 5. The lowest BCUT2D eigenvalue weighted by atomic mass is 10.1. The quantitative estimate of drug-likeness (QED) is 0.718. The Labute approximate surface area is 159 Å². The number of anilines is 1. The van der Waals surface area contributed by atoms with Crippen LogP contribution in [0.25, 0.3) is 16.7 Å². The van der Waals surface area contributed by atoms with E-state index in [1.54, 1.807) is 6.20 Å². The lowest BCUT2D eigenvalue weighted by Crippen LogP contribution is -2.32. The van der Waals surface area contributed by atoms with Crippen molar-refractivity contribution in [2.75, 3.05) is 18.4 Å². The Kier molecular flexibility index (Phi) is 5.30. The van der Waals surface area contributed by atoms with Crippen LogP contribution < -0.4 is 5.32 Å². The molecule has 0 bridgehead atoms. The molecular weight excluding hydrogens is 340 g/mol. The number of amides is 1. The minimum absolute atomic E-state index is 0.0402. The van der Waals surface area contributed by atoms with Crippen molar-refractivity contribution in [2.45, 2.75) is 53.5 Å². The maximum Gasteiger partial charge on any atom is 0.259 e. The molecule has 0 fully saturated rings. The molecule has 3 aromatic heterocycles. The number of rotatable bonds is 6. The third-order valence-electron chi connectivity index (χ3n) is 4.64. The van der Waals surface area contributed by atoms with E-state index in [-0.39, 0.29) is 17.9 Å². The predicted molar refractivity (Wildman–Crippen MR) is 108 cm³/mol. The first kappa shape index (κ1) is 19.1. The maximum atomic E-state index is 13.4. The largest absolute Gasteiger partial charge is 0.382 e. The van der Waals surface area contributed by atoms with Gasteiger partial charge in [0.15, 0.2) is 5.65 Å². The number of fused-ring (bicyclic) bond motifs is 3. The maximum absolute atomic E-state index is 13.4. The zero-order valence-electron chi connectivity index (χ0n) is 16.9. The fraction of sp³-hybridized carbons (Fsp3) is 0.500. The lowest BCUT2D eigenvalue weighted by Gasteiger charge is -2.23. The van der Waals surface area contributed by atoms with Crippen LogP contribution in [0.5, 0.6) is 0 Å². The van der Waals surface area contributed by atoms with E-state index in [2.05, 4.69) is 48.2 Å². The van der Waals surface area contributed by atoms with Gasteiger partial charge in [0.1, 0.15) is 17.0 Å². The monoisotopic (exact) mass is 368 g/mol. The molecule has 0 spiro atoms. The Hall–Kier alpha value is -2.70. The molecule has 7 heteroatoms. The van der Waals surface area contributed by atoms with E-state index >= 15 is 0 Å². The first-order valence-electron chi connectivity index (χ1n) is 9.62. The van der Waals surface area contributed by atoms with Gasteiger partial charge < -0.3 is 10.2 Å². The van der Waals surface area contributed by atoms with Crippen LogP contribution in [0.15, 0.2) is 18.3 Å². The average Bonchev–Trinajstić information content (AvgIpc) is 3.07. The highest BCUT2D eigenvalue weighted by atomic mass is 16.2. The third kappa shape index (κ3) is 3.22. The summed E-state index contributed by atoms with van der Waals surface area (Å²) in [4.78, 5) is 19.8. The summed E-state index contributed by atoms with van der Waals surface area (Å²) >= 11 is 0. The summed E-state index contributed by atoms with van der Waals surface area (Å²) in [6.07, 6.45) is 1.76. The molecule has 0 saturated heterocycles. The van der Waals surface area contributed by atoms with Gasteiger partial charge in [0.05, 0.1) is 5.69 Å². The van der Waals surface area contributed by atoms with E-state index in [0.29, 0.717) is 24.3 Å². The summed E-state index contributed by atoms with van der Waals surface area (Å²) in [5, 5.41) is 13.2. The first-order chi connectivity index (χ1) is 12.9. The summed E-state index contributed by atoms with van der Waals surface area (Å²) in [6, 6.07) is 4.05. The van der Waals surface area contributed by atoms with Crippen LogP contribution in [0.3, 0.4) is 0 Å². The number of nitrogens with zero attached hydrogens (tertiary/aromatic N) is 5. The van der Waals surface area contributed by atoms with Crippen molar-refractivity contribution in [3.63, 3.8) is 0 Å². The summed E-state index contributed by atoms with van der Waals surface area (Å²) < 4.78 is 1.93. The number of nitrogens with one attached hydrogen (secondary N) is 1. The van der Waals surface area contributed by atoms with Gasteiger partial charge >= 0.3 is 0 Å². The highest BCUT2D eigenvalue weighted by Gasteiger charge is 2.27. The van der Waals surface area contributed by atoms with Crippen molar-refractivity contribution in [3.8, 4) is 0 Å². The Morgan fingerprint density at radius 2 is 1.85 bits per heavy atom. The smallest absolute Gasteiger partial charge is 0.259 e. The molecule has 7 nitrogen and oxygen atoms in total. The van der Waals surface area contributed by atoms with E-state index in [9.17, 15) is 4.79 Å². The normalized spacial score (nSPS) is 11.7. The Balaban J connectivity index is 2.47. The van der Waals surface area contributed by atoms with Crippen LogP contribution in [0.1, 0.15) is 63.6 Å². The molecule has 1 amide bonds. The standard InChI is InChI=1S/C20H28N6O/c1-7-25(8-2)20(27)15-16(22-13(5)6)14-10-9-11-21-18(14)26-17(12(3)4)23-24-19(15)26/h9-13,22H,7-8H2,1-6H3. The average molecular weight is 368 g/mol. The molecule has 0 aliphatic rings. The topological polar surface area (TPSA) is 75.4 Å². The van der Waals surface area contributed by atoms with Gasteiger partial charge in [-0.2, -0.15) is 0 Å². The van der Waals surface area contributed by atoms with E-state index in [0.717, 1.165) is 22.5 Å². The number of pyridine rings is 2. The van der Waals surface area contributed by atoms with Crippen LogP contribution in [-0.4, -0.2) is 49.5 Å². The summed E-state index contributed by atoms with van der Waals surface area (Å²) in [7, 11) is 0. The minimum atomic E-state index is -0.0402. The SMILES string of the molecule is CCN(CC)C(=O)c1c(NC(C)C)c2cccnc2n2c(C(C)C)nnc12. The van der Waals surface area contributed by atoms with Gasteiger partial charge in [0.25, 0.3) is 5.91 Å². The first-order valence-corrected chi connectivity index (χ1v) is 9.62. The second-order valence-corrected chi connectivity index (χ2v) is 7.27. The fourth-order valence-corrected chi connectivity index (χ4v) is 3.37. The van der Waals surface area contributed by atoms with Crippen LogP contribution >= 0.6 is 0 Å². The van der Waals surface area contributed by atoms with Crippen molar-refractivity contribution in [1.82, 2.24) is 24.5 Å². The Morgan fingerprint density at radius 3 is 2.44 bits per heavy atom. The molecule has 0 radical (unpaired) electrons. The molecule has 0 atom stereocenters. The second-order valence-electron chi connectivity index (χ2n) is 7.27. The molecule has 3 rings (SSSR count). The van der Waals surface area contributed by atoms with Crippen LogP contribution in [-0.2, 0) is 0 Å². The van der Waals surface area contributed by atoms with Gasteiger partial charge in [-0.15, -0.1) is 10.2 Å². The number of carbonyl (C=O) groups excluding carboxylic acids is 1. The molecular formula is C20H28N6O. The molecule has 0 saturated carbocycles. The highest BCUT2D eigenvalue weighted by Crippen LogP contribution is 2.33. The Bertz CT molecular complexity index is 971. The van der Waals surface area contributed by atoms with Crippen LogP contribution in [0.2, 0.25) is 0 Å². The molecule has 144 valence electrons. The van der Waals surface area contributed by atoms with Crippen LogP contribution in [0.4, 0.5) is 5.69 Å². The molecule has 3 heterocycles. The van der Waals surface area contributed by atoms with Crippen molar-refractivity contribution >= 4 is 28.3 Å². The van der Waals surface area contributed by atoms with Gasteiger partial charge in [-0.25, -0.2) is 4.98 Å². The number of aromatic nitrogens is 4. The lowest BCUT2D eigenvalue weighted by molar-refractivity contribution is 0.0775. The highest BCUT2D eigenvalue weighted by molar-refractivity contribution is 6.12.